The van der Waals surface area contributed by atoms with E-state index in [4.69, 9.17) is 10.5 Å². The summed E-state index contributed by atoms with van der Waals surface area (Å²) in [5.74, 6) is -0.118. The van der Waals surface area contributed by atoms with Gasteiger partial charge >= 0.3 is 0 Å². The van der Waals surface area contributed by atoms with Crippen LogP contribution >= 0.6 is 11.3 Å². The van der Waals surface area contributed by atoms with Crippen LogP contribution in [-0.2, 0) is 17.8 Å². The molecule has 2 rings (SSSR count). The first-order valence-corrected chi connectivity index (χ1v) is 7.56. The minimum absolute atomic E-state index is 0.0248. The van der Waals surface area contributed by atoms with E-state index in [-0.39, 0.29) is 12.0 Å². The quantitative estimate of drug-likeness (QED) is 0.858. The van der Waals surface area contributed by atoms with Crippen molar-refractivity contribution in [1.82, 2.24) is 10.3 Å². The van der Waals surface area contributed by atoms with E-state index in [1.165, 1.54) is 11.3 Å². The molecule has 21 heavy (non-hydrogen) atoms. The van der Waals surface area contributed by atoms with Crippen molar-refractivity contribution in [2.45, 2.75) is 26.1 Å². The van der Waals surface area contributed by atoms with Crippen LogP contribution in [0.5, 0.6) is 0 Å². The smallest absolute Gasteiger partial charge is 0.251 e. The molecule has 1 amide bonds. The fourth-order valence-electron chi connectivity index (χ4n) is 1.76. The summed E-state index contributed by atoms with van der Waals surface area (Å²) < 4.78 is 5.22. The summed E-state index contributed by atoms with van der Waals surface area (Å²) in [7, 11) is 1.65. The van der Waals surface area contributed by atoms with Crippen LogP contribution in [0.1, 0.15) is 39.7 Å². The predicted molar refractivity (Wildman–Crippen MR) is 83.0 cm³/mol. The number of thiazole rings is 1. The van der Waals surface area contributed by atoms with Crippen LogP contribution in [-0.4, -0.2) is 18.0 Å². The number of nitrogens with zero attached hydrogens (tertiary/aromatic N) is 1. The maximum absolute atomic E-state index is 12.0. The fourth-order valence-corrected chi connectivity index (χ4v) is 2.61. The van der Waals surface area contributed by atoms with Crippen molar-refractivity contribution in [2.75, 3.05) is 7.11 Å². The van der Waals surface area contributed by atoms with Crippen molar-refractivity contribution in [3.05, 3.63) is 51.5 Å². The van der Waals surface area contributed by atoms with Gasteiger partial charge in [-0.25, -0.2) is 4.98 Å². The van der Waals surface area contributed by atoms with E-state index in [9.17, 15) is 4.79 Å². The number of carbonyl (C=O) groups is 1. The molecule has 0 aliphatic rings. The second-order valence-electron chi connectivity index (χ2n) is 4.64. The van der Waals surface area contributed by atoms with Gasteiger partial charge in [-0.3, -0.25) is 4.79 Å². The molecule has 1 unspecified atom stereocenters. The first kappa shape index (κ1) is 15.6. The second kappa shape index (κ2) is 7.31. The molecule has 2 aromatic rings. The summed E-state index contributed by atoms with van der Waals surface area (Å²) in [5.41, 5.74) is 7.99. The van der Waals surface area contributed by atoms with Gasteiger partial charge in [0.2, 0.25) is 0 Å². The first-order chi connectivity index (χ1) is 10.1. The Labute approximate surface area is 128 Å². The van der Waals surface area contributed by atoms with E-state index < -0.39 is 0 Å². The summed E-state index contributed by atoms with van der Waals surface area (Å²) in [4.78, 5) is 16.5. The number of nitrogens with one attached hydrogen (secondary N) is 1. The molecule has 3 N–H and O–H groups in total. The topological polar surface area (TPSA) is 77.2 Å². The lowest BCUT2D eigenvalue weighted by Crippen LogP contribution is -2.23. The average molecular weight is 305 g/mol. The molecule has 0 radical (unpaired) electrons. The molecular formula is C15H19N3O2S. The van der Waals surface area contributed by atoms with Crippen LogP contribution in [0.2, 0.25) is 0 Å². The standard InChI is InChI=1S/C15H19N3O2S/c1-10(20-2)15-18-13(9-21-15)8-17-14(19)12-5-3-11(7-16)4-6-12/h3-6,9-10H,7-8,16H2,1-2H3,(H,17,19). The highest BCUT2D eigenvalue weighted by Crippen LogP contribution is 2.20. The molecule has 1 heterocycles. The van der Waals surface area contributed by atoms with Gasteiger partial charge in [0.1, 0.15) is 11.1 Å². The van der Waals surface area contributed by atoms with Gasteiger partial charge in [0, 0.05) is 24.6 Å². The number of methoxy groups -OCH3 is 1. The Bertz CT molecular complexity index is 595. The van der Waals surface area contributed by atoms with Crippen LogP contribution in [0, 0.1) is 0 Å². The number of amides is 1. The van der Waals surface area contributed by atoms with Crippen molar-refractivity contribution in [3.63, 3.8) is 0 Å². The third-order valence-corrected chi connectivity index (χ3v) is 4.21. The highest BCUT2D eigenvalue weighted by Gasteiger charge is 2.10. The van der Waals surface area contributed by atoms with Crippen LogP contribution in [0.3, 0.4) is 0 Å². The molecule has 0 saturated carbocycles. The molecule has 1 atom stereocenters. The highest BCUT2D eigenvalue weighted by molar-refractivity contribution is 7.09. The fraction of sp³-hybridized carbons (Fsp3) is 0.333. The zero-order valence-corrected chi connectivity index (χ0v) is 12.9. The van der Waals surface area contributed by atoms with Gasteiger partial charge in [-0.1, -0.05) is 12.1 Å². The zero-order chi connectivity index (χ0) is 15.2. The molecule has 1 aromatic carbocycles. The maximum Gasteiger partial charge on any atom is 0.251 e. The summed E-state index contributed by atoms with van der Waals surface area (Å²) >= 11 is 1.53. The van der Waals surface area contributed by atoms with E-state index in [1.54, 1.807) is 19.2 Å². The molecule has 0 aliphatic heterocycles. The summed E-state index contributed by atoms with van der Waals surface area (Å²) in [5, 5.41) is 5.70. The van der Waals surface area contributed by atoms with E-state index in [0.717, 1.165) is 16.3 Å². The molecule has 5 nitrogen and oxygen atoms in total. The molecule has 112 valence electrons. The van der Waals surface area contributed by atoms with Crippen molar-refractivity contribution >= 4 is 17.2 Å². The van der Waals surface area contributed by atoms with Crippen molar-refractivity contribution in [3.8, 4) is 0 Å². The van der Waals surface area contributed by atoms with Gasteiger partial charge in [-0.15, -0.1) is 11.3 Å². The number of benzene rings is 1. The molecule has 0 aliphatic carbocycles. The number of hydrogen-bond acceptors (Lipinski definition) is 5. The number of rotatable bonds is 6. The second-order valence-corrected chi connectivity index (χ2v) is 5.53. The lowest BCUT2D eigenvalue weighted by Gasteiger charge is -2.05. The molecule has 1 aromatic heterocycles. The van der Waals surface area contributed by atoms with Crippen LogP contribution in [0.25, 0.3) is 0 Å². The Morgan fingerprint density at radius 2 is 2.14 bits per heavy atom. The zero-order valence-electron chi connectivity index (χ0n) is 12.1. The van der Waals surface area contributed by atoms with Gasteiger partial charge in [0.25, 0.3) is 5.91 Å². The molecule has 0 fully saturated rings. The Morgan fingerprint density at radius 3 is 2.76 bits per heavy atom. The lowest BCUT2D eigenvalue weighted by molar-refractivity contribution is 0.0950. The Morgan fingerprint density at radius 1 is 1.43 bits per heavy atom. The molecule has 0 spiro atoms. The van der Waals surface area contributed by atoms with Crippen LogP contribution < -0.4 is 11.1 Å². The van der Waals surface area contributed by atoms with Crippen molar-refractivity contribution in [2.24, 2.45) is 5.73 Å². The number of ether oxygens (including phenoxy) is 1. The van der Waals surface area contributed by atoms with Crippen molar-refractivity contribution in [1.29, 1.82) is 0 Å². The molecule has 6 heteroatoms. The van der Waals surface area contributed by atoms with E-state index in [0.29, 0.717) is 18.7 Å². The monoisotopic (exact) mass is 305 g/mol. The largest absolute Gasteiger partial charge is 0.375 e. The van der Waals surface area contributed by atoms with Crippen LogP contribution in [0.4, 0.5) is 0 Å². The highest BCUT2D eigenvalue weighted by atomic mass is 32.1. The molecule has 0 bridgehead atoms. The maximum atomic E-state index is 12.0. The first-order valence-electron chi connectivity index (χ1n) is 6.68. The summed E-state index contributed by atoms with van der Waals surface area (Å²) in [6.45, 7) is 2.83. The van der Waals surface area contributed by atoms with E-state index in [2.05, 4.69) is 10.3 Å². The average Bonchev–Trinajstić information content (AvgIpc) is 3.01. The minimum atomic E-state index is -0.118. The number of hydrogen-bond donors (Lipinski definition) is 2. The number of carbonyl (C=O) groups excluding carboxylic acids is 1. The predicted octanol–water partition coefficient (Wildman–Crippen LogP) is 2.24. The van der Waals surface area contributed by atoms with Gasteiger partial charge < -0.3 is 15.8 Å². The Hall–Kier alpha value is -1.76. The van der Waals surface area contributed by atoms with Gasteiger partial charge in [-0.2, -0.15) is 0 Å². The SMILES string of the molecule is COC(C)c1nc(CNC(=O)c2ccc(CN)cc2)cs1. The normalized spacial score (nSPS) is 12.1. The summed E-state index contributed by atoms with van der Waals surface area (Å²) in [6, 6.07) is 7.26. The minimum Gasteiger partial charge on any atom is -0.375 e. The Balaban J connectivity index is 1.92. The Kier molecular flexibility index (Phi) is 5.44. The lowest BCUT2D eigenvalue weighted by atomic mass is 10.1. The van der Waals surface area contributed by atoms with Gasteiger partial charge in [0.05, 0.1) is 12.2 Å². The third-order valence-electron chi connectivity index (χ3n) is 3.15. The van der Waals surface area contributed by atoms with E-state index >= 15 is 0 Å². The number of nitrogens with two attached hydrogens (primary N) is 1. The third kappa shape index (κ3) is 4.10. The van der Waals surface area contributed by atoms with Gasteiger partial charge in [0.15, 0.2) is 0 Å². The molecular weight excluding hydrogens is 286 g/mol. The summed E-state index contributed by atoms with van der Waals surface area (Å²) in [6.07, 6.45) is -0.0248. The van der Waals surface area contributed by atoms with Gasteiger partial charge in [-0.05, 0) is 24.6 Å². The number of aromatic nitrogens is 1. The van der Waals surface area contributed by atoms with E-state index in [1.807, 2.05) is 24.4 Å². The van der Waals surface area contributed by atoms with Crippen LogP contribution in [0.15, 0.2) is 29.6 Å². The van der Waals surface area contributed by atoms with Crippen molar-refractivity contribution < 1.29 is 9.53 Å². The molecule has 0 saturated heterocycles.